The van der Waals surface area contributed by atoms with Crippen molar-refractivity contribution >= 4 is 0 Å². The van der Waals surface area contributed by atoms with Gasteiger partial charge in [-0.1, -0.05) is 30.3 Å². The van der Waals surface area contributed by atoms with Crippen molar-refractivity contribution in [3.8, 4) is 0 Å². The van der Waals surface area contributed by atoms with E-state index in [0.29, 0.717) is 12.5 Å². The van der Waals surface area contributed by atoms with E-state index in [1.54, 1.807) is 0 Å². The predicted molar refractivity (Wildman–Crippen MR) is 64.3 cm³/mol. The minimum Gasteiger partial charge on any atom is -0.388 e. The minimum absolute atomic E-state index is 0.0176. The normalized spacial score (nSPS) is 37.3. The van der Waals surface area contributed by atoms with Crippen LogP contribution in [0.4, 0.5) is 4.39 Å². The number of nitrogens with zero attached hydrogens (tertiary/aromatic N) is 1. The number of benzene rings is 1. The topological polar surface area (TPSA) is 23.5 Å². The van der Waals surface area contributed by atoms with Gasteiger partial charge >= 0.3 is 0 Å². The van der Waals surface area contributed by atoms with Crippen LogP contribution in [0.25, 0.3) is 0 Å². The number of rotatable bonds is 2. The third kappa shape index (κ3) is 1.98. The molecule has 1 N–H and O–H groups in total. The first kappa shape index (κ1) is 11.2. The maximum absolute atomic E-state index is 13.6. The van der Waals surface area contributed by atoms with E-state index in [0.717, 1.165) is 19.4 Å². The van der Waals surface area contributed by atoms with Gasteiger partial charge in [-0.05, 0) is 24.8 Å². The highest BCUT2D eigenvalue weighted by atomic mass is 19.1. The van der Waals surface area contributed by atoms with Gasteiger partial charge in [0, 0.05) is 18.6 Å². The summed E-state index contributed by atoms with van der Waals surface area (Å²) in [6, 6.07) is 10.6. The lowest BCUT2D eigenvalue weighted by molar-refractivity contribution is -0.0447. The van der Waals surface area contributed by atoms with Crippen molar-refractivity contribution < 1.29 is 9.50 Å². The highest BCUT2D eigenvalue weighted by molar-refractivity contribution is 5.16. The predicted octanol–water partition coefficient (Wildman–Crippen LogP) is 2.12. The molecule has 2 aliphatic rings. The minimum atomic E-state index is -1.03. The molecule has 0 radical (unpaired) electrons. The van der Waals surface area contributed by atoms with E-state index in [2.05, 4.69) is 17.0 Å². The summed E-state index contributed by atoms with van der Waals surface area (Å²) < 4.78 is 13.6. The zero-order valence-corrected chi connectivity index (χ0v) is 9.80. The molecule has 0 spiro atoms. The average molecular weight is 235 g/mol. The lowest BCUT2D eigenvalue weighted by atomic mass is 9.97. The summed E-state index contributed by atoms with van der Waals surface area (Å²) in [5, 5.41) is 9.90. The fraction of sp³-hybridized carbons (Fsp3) is 0.571. The molecule has 3 heteroatoms. The fourth-order valence-corrected chi connectivity index (χ4v) is 3.27. The number of hydrogen-bond acceptors (Lipinski definition) is 2. The molecule has 0 amide bonds. The smallest absolute Gasteiger partial charge is 0.129 e. The third-order valence-corrected chi connectivity index (χ3v) is 4.16. The standard InChI is InChI=1S/C14H18FNO/c15-12-8-11-6-7-13(14(12)17)16(11)9-10-4-2-1-3-5-10/h1-5,11-14,17H,6-9H2/t11-,12-,13+,14?/m0/s1. The molecule has 1 aromatic carbocycles. The molecule has 2 fully saturated rings. The fourth-order valence-electron chi connectivity index (χ4n) is 3.27. The number of aliphatic hydroxyl groups excluding tert-OH is 1. The Kier molecular flexibility index (Phi) is 2.89. The zero-order valence-electron chi connectivity index (χ0n) is 9.80. The summed E-state index contributed by atoms with van der Waals surface area (Å²) in [6.07, 6.45) is 0.621. The van der Waals surface area contributed by atoms with Crippen LogP contribution >= 0.6 is 0 Å². The number of fused-ring (bicyclic) bond motifs is 2. The van der Waals surface area contributed by atoms with E-state index in [4.69, 9.17) is 0 Å². The number of hydrogen-bond donors (Lipinski definition) is 1. The summed E-state index contributed by atoms with van der Waals surface area (Å²) in [5.41, 5.74) is 1.24. The van der Waals surface area contributed by atoms with E-state index in [1.165, 1.54) is 5.56 Å². The average Bonchev–Trinajstić information content (AvgIpc) is 2.65. The Morgan fingerprint density at radius 2 is 2.00 bits per heavy atom. The van der Waals surface area contributed by atoms with Crippen LogP contribution in [-0.4, -0.2) is 34.4 Å². The second-order valence-corrected chi connectivity index (χ2v) is 5.20. The van der Waals surface area contributed by atoms with Crippen molar-refractivity contribution in [1.29, 1.82) is 0 Å². The van der Waals surface area contributed by atoms with Crippen molar-refractivity contribution in [1.82, 2.24) is 4.90 Å². The quantitative estimate of drug-likeness (QED) is 0.848. The molecular weight excluding hydrogens is 217 g/mol. The molecule has 17 heavy (non-hydrogen) atoms. The molecule has 2 heterocycles. The molecule has 4 atom stereocenters. The largest absolute Gasteiger partial charge is 0.388 e. The second kappa shape index (κ2) is 4.39. The van der Waals surface area contributed by atoms with Gasteiger partial charge in [0.05, 0.1) is 0 Å². The van der Waals surface area contributed by atoms with Crippen molar-refractivity contribution in [3.05, 3.63) is 35.9 Å². The molecule has 0 aromatic heterocycles. The Balaban J connectivity index is 1.76. The van der Waals surface area contributed by atoms with Crippen LogP contribution < -0.4 is 0 Å². The first-order valence-corrected chi connectivity index (χ1v) is 6.37. The molecule has 2 saturated heterocycles. The van der Waals surface area contributed by atoms with Gasteiger partial charge < -0.3 is 5.11 Å². The van der Waals surface area contributed by atoms with Crippen LogP contribution in [0.3, 0.4) is 0 Å². The molecule has 2 aliphatic heterocycles. The van der Waals surface area contributed by atoms with Crippen molar-refractivity contribution in [2.24, 2.45) is 0 Å². The van der Waals surface area contributed by atoms with E-state index in [-0.39, 0.29) is 6.04 Å². The van der Waals surface area contributed by atoms with Crippen LogP contribution in [-0.2, 0) is 6.54 Å². The van der Waals surface area contributed by atoms with Gasteiger partial charge in [0.25, 0.3) is 0 Å². The number of halogens is 1. The molecule has 1 aromatic rings. The van der Waals surface area contributed by atoms with Gasteiger partial charge in [-0.3, -0.25) is 4.90 Å². The van der Waals surface area contributed by atoms with Gasteiger partial charge in [0.2, 0.25) is 0 Å². The van der Waals surface area contributed by atoms with Crippen LogP contribution in [0.15, 0.2) is 30.3 Å². The Bertz CT molecular complexity index is 383. The zero-order chi connectivity index (χ0) is 11.8. The second-order valence-electron chi connectivity index (χ2n) is 5.20. The van der Waals surface area contributed by atoms with E-state index in [9.17, 15) is 9.50 Å². The first-order chi connectivity index (χ1) is 8.25. The Morgan fingerprint density at radius 3 is 2.76 bits per heavy atom. The SMILES string of the molecule is OC1[C@H]2CC[C@@H](C[C@@H]1F)N2Cc1ccccc1. The van der Waals surface area contributed by atoms with Gasteiger partial charge in [-0.2, -0.15) is 0 Å². The van der Waals surface area contributed by atoms with Gasteiger partial charge in [0.15, 0.2) is 0 Å². The van der Waals surface area contributed by atoms with Crippen LogP contribution in [0, 0.1) is 0 Å². The van der Waals surface area contributed by atoms with Crippen LogP contribution in [0.5, 0.6) is 0 Å². The van der Waals surface area contributed by atoms with Gasteiger partial charge in [-0.25, -0.2) is 4.39 Å². The maximum Gasteiger partial charge on any atom is 0.129 e. The summed E-state index contributed by atoms with van der Waals surface area (Å²) in [4.78, 5) is 2.29. The summed E-state index contributed by atoms with van der Waals surface area (Å²) >= 11 is 0. The molecule has 3 rings (SSSR count). The van der Waals surface area contributed by atoms with Crippen LogP contribution in [0.1, 0.15) is 24.8 Å². The highest BCUT2D eigenvalue weighted by Crippen LogP contribution is 2.38. The van der Waals surface area contributed by atoms with Gasteiger partial charge in [-0.15, -0.1) is 0 Å². The van der Waals surface area contributed by atoms with Crippen molar-refractivity contribution in [3.63, 3.8) is 0 Å². The number of aliphatic hydroxyl groups is 1. The summed E-state index contributed by atoms with van der Waals surface area (Å²) in [7, 11) is 0. The maximum atomic E-state index is 13.6. The summed E-state index contributed by atoms with van der Waals surface area (Å²) in [6.45, 7) is 0.833. The highest BCUT2D eigenvalue weighted by Gasteiger charge is 2.46. The van der Waals surface area contributed by atoms with E-state index >= 15 is 0 Å². The monoisotopic (exact) mass is 235 g/mol. The molecule has 0 saturated carbocycles. The first-order valence-electron chi connectivity index (χ1n) is 6.37. The van der Waals surface area contributed by atoms with E-state index in [1.807, 2.05) is 18.2 Å². The van der Waals surface area contributed by atoms with Crippen molar-refractivity contribution in [2.45, 2.75) is 50.2 Å². The Labute approximate surface area is 101 Å². The van der Waals surface area contributed by atoms with Gasteiger partial charge in [0.1, 0.15) is 12.3 Å². The van der Waals surface area contributed by atoms with E-state index < -0.39 is 12.3 Å². The number of alkyl halides is 1. The lowest BCUT2D eigenvalue weighted by Gasteiger charge is -2.39. The number of piperidine rings is 1. The van der Waals surface area contributed by atoms with Crippen molar-refractivity contribution in [2.75, 3.05) is 0 Å². The third-order valence-electron chi connectivity index (χ3n) is 4.16. The molecule has 1 unspecified atom stereocenters. The molecule has 0 aliphatic carbocycles. The molecule has 92 valence electrons. The Hall–Kier alpha value is -0.930. The molecule has 2 bridgehead atoms. The van der Waals surface area contributed by atoms with Crippen LogP contribution in [0.2, 0.25) is 0 Å². The molecule has 2 nitrogen and oxygen atoms in total. The summed E-state index contributed by atoms with van der Waals surface area (Å²) in [5.74, 6) is 0. The lowest BCUT2D eigenvalue weighted by Crippen LogP contribution is -2.52. The Morgan fingerprint density at radius 1 is 1.24 bits per heavy atom. The molecular formula is C14H18FNO.